The smallest absolute Gasteiger partial charge is 0.200 e. The average Bonchev–Trinajstić information content (AvgIpc) is 2.59. The Labute approximate surface area is 78.9 Å². The predicted octanol–water partition coefficient (Wildman–Crippen LogP) is -1.30. The fourth-order valence-corrected chi connectivity index (χ4v) is 1.45. The van der Waals surface area contributed by atoms with Crippen LogP contribution < -0.4 is 4.90 Å². The highest BCUT2D eigenvalue weighted by Crippen LogP contribution is 2.17. The predicted molar refractivity (Wildman–Crippen MR) is 46.8 cm³/mol. The van der Waals surface area contributed by atoms with Gasteiger partial charge in [0, 0.05) is 13.1 Å². The van der Waals surface area contributed by atoms with Gasteiger partial charge in [-0.05, 0) is 22.6 Å². The maximum absolute atomic E-state index is 9.14. The van der Waals surface area contributed by atoms with E-state index in [0.29, 0.717) is 18.7 Å². The summed E-state index contributed by atoms with van der Waals surface area (Å²) in [7, 11) is 0. The van der Waals surface area contributed by atoms with Crippen LogP contribution in [0.2, 0.25) is 0 Å². The molecule has 0 spiro atoms. The highest BCUT2D eigenvalue weighted by Gasteiger charge is 2.25. The van der Waals surface area contributed by atoms with Crippen LogP contribution in [-0.2, 0) is 0 Å². The molecule has 3 rings (SSSR count). The van der Waals surface area contributed by atoms with Crippen molar-refractivity contribution in [3.8, 4) is 0 Å². The third-order valence-corrected chi connectivity index (χ3v) is 2.24. The van der Waals surface area contributed by atoms with Crippen molar-refractivity contribution in [3.05, 3.63) is 12.1 Å². The summed E-state index contributed by atoms with van der Waals surface area (Å²) >= 11 is 0. The SMILES string of the molecule is OC1CN(c2ccc3nnnn3n2)C1. The van der Waals surface area contributed by atoms with E-state index in [1.807, 2.05) is 11.0 Å². The van der Waals surface area contributed by atoms with Crippen molar-refractivity contribution in [2.45, 2.75) is 6.10 Å². The number of aromatic nitrogens is 5. The van der Waals surface area contributed by atoms with E-state index >= 15 is 0 Å². The van der Waals surface area contributed by atoms with Crippen molar-refractivity contribution in [1.82, 2.24) is 25.3 Å². The van der Waals surface area contributed by atoms with E-state index in [-0.39, 0.29) is 6.10 Å². The second-order valence-corrected chi connectivity index (χ2v) is 3.28. The Bertz CT molecular complexity index is 462. The van der Waals surface area contributed by atoms with E-state index in [1.54, 1.807) is 6.07 Å². The van der Waals surface area contributed by atoms with Gasteiger partial charge in [0.05, 0.1) is 6.10 Å². The van der Waals surface area contributed by atoms with Gasteiger partial charge in [0.15, 0.2) is 11.5 Å². The molecule has 0 atom stereocenters. The zero-order valence-electron chi connectivity index (χ0n) is 7.28. The number of tetrazole rings is 1. The third-order valence-electron chi connectivity index (χ3n) is 2.24. The molecule has 0 amide bonds. The molecule has 0 aliphatic carbocycles. The first-order valence-electron chi connectivity index (χ1n) is 4.31. The molecule has 0 bridgehead atoms. The fraction of sp³-hybridized carbons (Fsp3) is 0.429. The Morgan fingerprint density at radius 1 is 1.36 bits per heavy atom. The van der Waals surface area contributed by atoms with Crippen molar-refractivity contribution < 1.29 is 5.11 Å². The van der Waals surface area contributed by atoms with E-state index in [1.165, 1.54) is 4.63 Å². The van der Waals surface area contributed by atoms with Gasteiger partial charge >= 0.3 is 0 Å². The molecule has 1 N–H and O–H groups in total. The van der Waals surface area contributed by atoms with E-state index < -0.39 is 0 Å². The molecule has 1 aliphatic rings. The number of hydrogen-bond acceptors (Lipinski definition) is 6. The number of anilines is 1. The minimum Gasteiger partial charge on any atom is -0.389 e. The first-order valence-corrected chi connectivity index (χ1v) is 4.31. The summed E-state index contributed by atoms with van der Waals surface area (Å²) in [5, 5.41) is 24.3. The van der Waals surface area contributed by atoms with Crippen LogP contribution in [0, 0.1) is 0 Å². The lowest BCUT2D eigenvalue weighted by molar-refractivity contribution is 0.141. The topological polar surface area (TPSA) is 79.4 Å². The molecule has 1 fully saturated rings. The number of rotatable bonds is 1. The molecule has 1 aliphatic heterocycles. The maximum atomic E-state index is 9.14. The van der Waals surface area contributed by atoms with E-state index in [4.69, 9.17) is 5.11 Å². The van der Waals surface area contributed by atoms with Gasteiger partial charge in [-0.15, -0.1) is 14.8 Å². The third kappa shape index (κ3) is 1.02. The molecular weight excluding hydrogens is 184 g/mol. The molecule has 0 radical (unpaired) electrons. The summed E-state index contributed by atoms with van der Waals surface area (Å²) in [6.07, 6.45) is -0.235. The largest absolute Gasteiger partial charge is 0.389 e. The molecule has 14 heavy (non-hydrogen) atoms. The fourth-order valence-electron chi connectivity index (χ4n) is 1.45. The molecule has 2 aromatic rings. The van der Waals surface area contributed by atoms with Crippen molar-refractivity contribution in [2.24, 2.45) is 0 Å². The summed E-state index contributed by atoms with van der Waals surface area (Å²) < 4.78 is 1.38. The molecule has 72 valence electrons. The molecule has 0 unspecified atom stereocenters. The molecule has 3 heterocycles. The second-order valence-electron chi connectivity index (χ2n) is 3.28. The van der Waals surface area contributed by atoms with Gasteiger partial charge in [-0.25, -0.2) is 0 Å². The van der Waals surface area contributed by atoms with Crippen molar-refractivity contribution in [1.29, 1.82) is 0 Å². The second kappa shape index (κ2) is 2.61. The van der Waals surface area contributed by atoms with Gasteiger partial charge in [0.25, 0.3) is 0 Å². The summed E-state index contributed by atoms with van der Waals surface area (Å²) in [6.45, 7) is 1.25. The molecule has 0 aromatic carbocycles. The van der Waals surface area contributed by atoms with Crippen molar-refractivity contribution in [2.75, 3.05) is 18.0 Å². The normalized spacial score (nSPS) is 17.4. The first-order chi connectivity index (χ1) is 6.83. The lowest BCUT2D eigenvalue weighted by atomic mass is 10.2. The summed E-state index contributed by atoms with van der Waals surface area (Å²) in [5.41, 5.74) is 0.620. The highest BCUT2D eigenvalue weighted by atomic mass is 16.3. The van der Waals surface area contributed by atoms with Gasteiger partial charge < -0.3 is 10.0 Å². The van der Waals surface area contributed by atoms with Gasteiger partial charge in [-0.1, -0.05) is 0 Å². The number of β-amino-alcohol motifs (C(OH)–C–C–N with tert-alkyl or cyclic N) is 1. The summed E-state index contributed by atoms with van der Waals surface area (Å²) in [4.78, 5) is 1.96. The number of nitrogens with zero attached hydrogens (tertiary/aromatic N) is 6. The summed E-state index contributed by atoms with van der Waals surface area (Å²) in [6, 6.07) is 3.64. The van der Waals surface area contributed by atoms with Crippen LogP contribution in [0.3, 0.4) is 0 Å². The van der Waals surface area contributed by atoms with Crippen LogP contribution in [0.4, 0.5) is 5.82 Å². The van der Waals surface area contributed by atoms with Crippen LogP contribution in [0.25, 0.3) is 5.65 Å². The van der Waals surface area contributed by atoms with Gasteiger partial charge in [0.1, 0.15) is 0 Å². The quantitative estimate of drug-likeness (QED) is 0.605. The van der Waals surface area contributed by atoms with Crippen LogP contribution in [0.5, 0.6) is 0 Å². The lowest BCUT2D eigenvalue weighted by Crippen LogP contribution is -2.51. The Hall–Kier alpha value is -1.76. The zero-order valence-corrected chi connectivity index (χ0v) is 7.28. The Morgan fingerprint density at radius 2 is 2.21 bits per heavy atom. The minimum absolute atomic E-state index is 0.235. The van der Waals surface area contributed by atoms with Crippen LogP contribution in [0.15, 0.2) is 12.1 Å². The van der Waals surface area contributed by atoms with Crippen molar-refractivity contribution in [3.63, 3.8) is 0 Å². The number of hydrogen-bond donors (Lipinski definition) is 1. The van der Waals surface area contributed by atoms with Crippen LogP contribution in [0.1, 0.15) is 0 Å². The maximum Gasteiger partial charge on any atom is 0.200 e. The molecule has 2 aromatic heterocycles. The Balaban J connectivity index is 1.97. The van der Waals surface area contributed by atoms with E-state index in [9.17, 15) is 0 Å². The average molecular weight is 192 g/mol. The van der Waals surface area contributed by atoms with E-state index in [0.717, 1.165) is 5.82 Å². The molecule has 0 saturated carbocycles. The summed E-state index contributed by atoms with van der Waals surface area (Å²) in [5.74, 6) is 0.787. The van der Waals surface area contributed by atoms with Gasteiger partial charge in [-0.2, -0.15) is 0 Å². The van der Waals surface area contributed by atoms with Gasteiger partial charge in [-0.3, -0.25) is 0 Å². The van der Waals surface area contributed by atoms with E-state index in [2.05, 4.69) is 20.6 Å². The standard InChI is InChI=1S/C7H8N6O/c14-5-3-12(4-5)7-2-1-6-8-10-11-13(6)9-7/h1-2,5,14H,3-4H2. The minimum atomic E-state index is -0.235. The first kappa shape index (κ1) is 7.63. The van der Waals surface area contributed by atoms with Gasteiger partial charge in [0.2, 0.25) is 0 Å². The molecule has 1 saturated heterocycles. The molecule has 7 nitrogen and oxygen atoms in total. The molecular formula is C7H8N6O. The van der Waals surface area contributed by atoms with Crippen LogP contribution in [-0.4, -0.2) is 49.6 Å². The highest BCUT2D eigenvalue weighted by molar-refractivity contribution is 5.46. The number of aliphatic hydroxyl groups excluding tert-OH is 1. The Morgan fingerprint density at radius 3 is 3.00 bits per heavy atom. The van der Waals surface area contributed by atoms with Crippen molar-refractivity contribution >= 4 is 11.5 Å². The zero-order chi connectivity index (χ0) is 9.54. The number of fused-ring (bicyclic) bond motifs is 1. The number of aliphatic hydroxyl groups is 1. The monoisotopic (exact) mass is 192 g/mol. The van der Waals surface area contributed by atoms with Crippen LogP contribution >= 0.6 is 0 Å². The molecule has 7 heteroatoms. The Kier molecular flexibility index (Phi) is 1.42. The lowest BCUT2D eigenvalue weighted by Gasteiger charge is -2.36.